The van der Waals surface area contributed by atoms with Crippen LogP contribution in [0.4, 0.5) is 0 Å². The number of benzene rings is 10. The van der Waals surface area contributed by atoms with E-state index in [2.05, 4.69) is 172 Å². The van der Waals surface area contributed by atoms with Crippen LogP contribution in [0.25, 0.3) is 110 Å². The molecule has 0 bridgehead atoms. The van der Waals surface area contributed by atoms with Gasteiger partial charge in [-0.1, -0.05) is 154 Å². The van der Waals surface area contributed by atoms with Crippen LogP contribution < -0.4 is 10.4 Å². The molecule has 0 nitrogen and oxygen atoms in total. The second kappa shape index (κ2) is 11.6. The summed E-state index contributed by atoms with van der Waals surface area (Å²) in [6.07, 6.45) is 6.90. The SMILES string of the molecule is CC(C)(C)c1ccc2c(c1)c1ccccc1c1c(-c3ccccc3)c3cc4c(cc3c(-c3ccccc3)c21)C1=c2c-4ccc3c2c(c2c4c(cccc43)=CCC2)CC1. The normalized spacial score (nSPS) is 14.3. The van der Waals surface area contributed by atoms with Gasteiger partial charge in [-0.15, -0.1) is 0 Å². The summed E-state index contributed by atoms with van der Waals surface area (Å²) in [5.41, 5.74) is 15.6. The second-order valence-electron chi connectivity index (χ2n) is 18.1. The van der Waals surface area contributed by atoms with Gasteiger partial charge < -0.3 is 0 Å². The summed E-state index contributed by atoms with van der Waals surface area (Å²) in [6.45, 7) is 6.99. The Hall–Kier alpha value is -6.50. The van der Waals surface area contributed by atoms with Crippen molar-refractivity contribution in [3.63, 3.8) is 0 Å². The number of hydrogen-bond acceptors (Lipinski definition) is 0. The number of aryl methyl sites for hydroxylation is 2. The molecule has 13 rings (SSSR count). The molecule has 274 valence electrons. The molecule has 3 aliphatic carbocycles. The van der Waals surface area contributed by atoms with E-state index >= 15 is 0 Å². The third kappa shape index (κ3) is 4.25. The molecule has 0 saturated carbocycles. The highest BCUT2D eigenvalue weighted by molar-refractivity contribution is 6.37. The molecule has 0 aromatic heterocycles. The van der Waals surface area contributed by atoms with E-state index in [9.17, 15) is 0 Å². The largest absolute Gasteiger partial charge is 0.0763 e. The summed E-state index contributed by atoms with van der Waals surface area (Å²) >= 11 is 0. The average Bonchev–Trinajstić information content (AvgIpc) is 3.58. The van der Waals surface area contributed by atoms with Gasteiger partial charge in [0.2, 0.25) is 0 Å². The van der Waals surface area contributed by atoms with Crippen molar-refractivity contribution < 1.29 is 0 Å². The van der Waals surface area contributed by atoms with E-state index in [0.29, 0.717) is 0 Å². The molecule has 0 unspecified atom stereocenters. The molecule has 58 heavy (non-hydrogen) atoms. The van der Waals surface area contributed by atoms with Crippen LogP contribution in [-0.2, 0) is 18.3 Å². The minimum absolute atomic E-state index is 0.0344. The lowest BCUT2D eigenvalue weighted by molar-refractivity contribution is 0.591. The van der Waals surface area contributed by atoms with E-state index in [1.807, 2.05) is 0 Å². The lowest BCUT2D eigenvalue weighted by Crippen LogP contribution is -2.19. The monoisotopic (exact) mass is 738 g/mol. The zero-order chi connectivity index (χ0) is 38.4. The van der Waals surface area contributed by atoms with Gasteiger partial charge in [0.25, 0.3) is 0 Å². The van der Waals surface area contributed by atoms with Crippen molar-refractivity contribution >= 4 is 76.3 Å². The van der Waals surface area contributed by atoms with Crippen LogP contribution in [0.5, 0.6) is 0 Å². The summed E-state index contributed by atoms with van der Waals surface area (Å²) < 4.78 is 0. The molecule has 0 fully saturated rings. The summed E-state index contributed by atoms with van der Waals surface area (Å²) in [7, 11) is 0. The van der Waals surface area contributed by atoms with Gasteiger partial charge >= 0.3 is 0 Å². The number of hydrogen-bond donors (Lipinski definition) is 0. The molecule has 10 aromatic carbocycles. The van der Waals surface area contributed by atoms with Gasteiger partial charge in [-0.05, 0) is 186 Å². The fraction of sp³-hybridized carbons (Fsp3) is 0.138. The Morgan fingerprint density at radius 1 is 0.397 bits per heavy atom. The maximum atomic E-state index is 2.62. The van der Waals surface area contributed by atoms with Crippen LogP contribution in [0.15, 0.2) is 146 Å². The Morgan fingerprint density at radius 2 is 0.983 bits per heavy atom. The van der Waals surface area contributed by atoms with E-state index < -0.39 is 0 Å². The van der Waals surface area contributed by atoms with Crippen molar-refractivity contribution in [2.24, 2.45) is 0 Å². The van der Waals surface area contributed by atoms with E-state index in [-0.39, 0.29) is 5.41 Å². The van der Waals surface area contributed by atoms with Crippen molar-refractivity contribution in [3.05, 3.63) is 178 Å². The van der Waals surface area contributed by atoms with Gasteiger partial charge in [-0.2, -0.15) is 0 Å². The van der Waals surface area contributed by atoms with Crippen molar-refractivity contribution in [3.8, 4) is 33.4 Å². The standard InChI is InChI=1S/C58H42/c1-58(2,3)36-24-25-45-46(30-36)37-20-10-11-21-38(37)56-52(34-14-6-4-7-15-34)49-31-47-43-28-26-41-39-22-12-18-33-19-13-23-40(51(33)39)42-27-29-44(55(43)54(41)42)48(47)32-50(49)53(57(45)56)35-16-8-5-9-17-35/h4-12,14-22,24-26,28,30-32H,13,23,27,29H2,1-3H3. The van der Waals surface area contributed by atoms with E-state index in [1.165, 1.54) is 125 Å². The van der Waals surface area contributed by atoms with Gasteiger partial charge in [0.1, 0.15) is 0 Å². The number of rotatable bonds is 2. The first-order chi connectivity index (χ1) is 28.4. The van der Waals surface area contributed by atoms with E-state index in [1.54, 1.807) is 11.1 Å². The Labute approximate surface area is 338 Å². The van der Waals surface area contributed by atoms with Gasteiger partial charge in [0.15, 0.2) is 0 Å². The van der Waals surface area contributed by atoms with Crippen LogP contribution in [-0.4, -0.2) is 0 Å². The molecule has 0 radical (unpaired) electrons. The Bertz CT molecular complexity index is 3610. The lowest BCUT2D eigenvalue weighted by atomic mass is 9.79. The molecular weight excluding hydrogens is 697 g/mol. The molecule has 0 amide bonds. The van der Waals surface area contributed by atoms with Crippen molar-refractivity contribution in [1.82, 2.24) is 0 Å². The average molecular weight is 739 g/mol. The van der Waals surface area contributed by atoms with Gasteiger partial charge in [-0.25, -0.2) is 0 Å². The van der Waals surface area contributed by atoms with Crippen LogP contribution in [0.2, 0.25) is 0 Å². The molecule has 0 atom stereocenters. The molecule has 0 heterocycles. The summed E-state index contributed by atoms with van der Waals surface area (Å²) in [4.78, 5) is 0. The maximum absolute atomic E-state index is 2.62. The first-order valence-electron chi connectivity index (χ1n) is 21.2. The van der Waals surface area contributed by atoms with E-state index in [0.717, 1.165) is 25.7 Å². The molecule has 10 aromatic rings. The van der Waals surface area contributed by atoms with Crippen molar-refractivity contribution in [1.29, 1.82) is 0 Å². The maximum Gasteiger partial charge on any atom is -0.000763 e. The third-order valence-corrected chi connectivity index (χ3v) is 14.1. The highest BCUT2D eigenvalue weighted by atomic mass is 14.3. The number of fused-ring (bicyclic) bond motifs is 12. The minimum atomic E-state index is 0.0344. The zero-order valence-electron chi connectivity index (χ0n) is 33.3. The summed E-state index contributed by atoms with van der Waals surface area (Å²) in [6, 6.07) is 56.1. The van der Waals surface area contributed by atoms with Crippen LogP contribution in [0, 0.1) is 0 Å². The summed E-state index contributed by atoms with van der Waals surface area (Å²) in [5.74, 6) is 0. The topological polar surface area (TPSA) is 0 Å². The van der Waals surface area contributed by atoms with Crippen molar-refractivity contribution in [2.75, 3.05) is 0 Å². The highest BCUT2D eigenvalue weighted by Crippen LogP contribution is 2.53. The lowest BCUT2D eigenvalue weighted by Gasteiger charge is -2.24. The third-order valence-electron chi connectivity index (χ3n) is 14.1. The van der Waals surface area contributed by atoms with E-state index in [4.69, 9.17) is 0 Å². The molecule has 0 spiro atoms. The quantitative estimate of drug-likeness (QED) is 0.122. The predicted octanol–water partition coefficient (Wildman–Crippen LogP) is 14.1. The first-order valence-corrected chi connectivity index (χ1v) is 21.2. The molecular formula is C58H42. The van der Waals surface area contributed by atoms with Gasteiger partial charge in [-0.3, -0.25) is 0 Å². The van der Waals surface area contributed by atoms with Gasteiger partial charge in [0.05, 0.1) is 0 Å². The summed E-state index contributed by atoms with van der Waals surface area (Å²) in [5, 5.41) is 19.4. The minimum Gasteiger partial charge on any atom is -0.0763 e. The Morgan fingerprint density at radius 3 is 1.71 bits per heavy atom. The predicted molar refractivity (Wildman–Crippen MR) is 249 cm³/mol. The fourth-order valence-corrected chi connectivity index (χ4v) is 11.6. The smallest absolute Gasteiger partial charge is 0.000763 e. The molecule has 0 N–H and O–H groups in total. The Kier molecular flexibility index (Phi) is 6.49. The first kappa shape index (κ1) is 32.6. The van der Waals surface area contributed by atoms with Crippen molar-refractivity contribution in [2.45, 2.75) is 51.9 Å². The molecule has 0 aliphatic heterocycles. The van der Waals surface area contributed by atoms with Crippen LogP contribution >= 0.6 is 0 Å². The van der Waals surface area contributed by atoms with Gasteiger partial charge in [0, 0.05) is 0 Å². The van der Waals surface area contributed by atoms with Crippen LogP contribution in [0.3, 0.4) is 0 Å². The highest BCUT2D eigenvalue weighted by Gasteiger charge is 2.31. The fourth-order valence-electron chi connectivity index (χ4n) is 11.6. The molecule has 3 aliphatic rings. The molecule has 0 saturated heterocycles. The Balaban J connectivity index is 1.26. The second-order valence-corrected chi connectivity index (χ2v) is 18.1. The molecule has 0 heteroatoms. The zero-order valence-corrected chi connectivity index (χ0v) is 33.3. The van der Waals surface area contributed by atoms with Crippen LogP contribution in [0.1, 0.15) is 55.9 Å².